The molecule has 1 aromatic carbocycles. The van der Waals surface area contributed by atoms with Gasteiger partial charge in [0.05, 0.1) is 5.56 Å². The number of nitrogens with two attached hydrogens (primary N) is 1. The predicted molar refractivity (Wildman–Crippen MR) is 71.0 cm³/mol. The van der Waals surface area contributed by atoms with Crippen LogP contribution in [0.25, 0.3) is 0 Å². The van der Waals surface area contributed by atoms with E-state index in [9.17, 15) is 14.0 Å². The maximum atomic E-state index is 13.1. The van der Waals surface area contributed by atoms with Crippen molar-refractivity contribution in [1.29, 1.82) is 0 Å². The third-order valence-corrected chi connectivity index (χ3v) is 2.43. The summed E-state index contributed by atoms with van der Waals surface area (Å²) in [7, 11) is 0. The van der Waals surface area contributed by atoms with Crippen LogP contribution in [0, 0.1) is 5.82 Å². The van der Waals surface area contributed by atoms with Crippen LogP contribution in [-0.4, -0.2) is 23.9 Å². The van der Waals surface area contributed by atoms with Crippen molar-refractivity contribution in [3.63, 3.8) is 0 Å². The second kappa shape index (κ2) is 6.17. The molecule has 0 fully saturated rings. The first-order chi connectivity index (χ1) is 8.81. The summed E-state index contributed by atoms with van der Waals surface area (Å²) in [6.45, 7) is 5.18. The van der Waals surface area contributed by atoms with Crippen molar-refractivity contribution < 1.29 is 14.0 Å². The Balaban J connectivity index is 2.74. The Morgan fingerprint density at radius 2 is 1.84 bits per heavy atom. The SMILES string of the molecule is CC(C)NC(=O)C(C)NC(=O)c1cc(F)ccc1N. The Morgan fingerprint density at radius 1 is 1.21 bits per heavy atom. The lowest BCUT2D eigenvalue weighted by Gasteiger charge is -2.16. The van der Waals surface area contributed by atoms with E-state index < -0.39 is 17.8 Å². The van der Waals surface area contributed by atoms with Crippen LogP contribution in [0.15, 0.2) is 18.2 Å². The summed E-state index contributed by atoms with van der Waals surface area (Å²) in [4.78, 5) is 23.5. The fourth-order valence-electron chi connectivity index (χ4n) is 1.47. The fourth-order valence-corrected chi connectivity index (χ4v) is 1.47. The van der Waals surface area contributed by atoms with Crippen molar-refractivity contribution in [2.45, 2.75) is 32.9 Å². The second-order valence-corrected chi connectivity index (χ2v) is 4.59. The normalized spacial score (nSPS) is 12.1. The van der Waals surface area contributed by atoms with Gasteiger partial charge in [0, 0.05) is 11.7 Å². The third-order valence-electron chi connectivity index (χ3n) is 2.43. The van der Waals surface area contributed by atoms with E-state index in [1.807, 2.05) is 13.8 Å². The molecule has 1 aromatic rings. The van der Waals surface area contributed by atoms with E-state index in [4.69, 9.17) is 5.73 Å². The average molecular weight is 267 g/mol. The maximum Gasteiger partial charge on any atom is 0.254 e. The Bertz CT molecular complexity index is 489. The molecule has 4 N–H and O–H groups in total. The highest BCUT2D eigenvalue weighted by molar-refractivity contribution is 6.01. The van der Waals surface area contributed by atoms with Gasteiger partial charge in [0.15, 0.2) is 0 Å². The van der Waals surface area contributed by atoms with E-state index in [-0.39, 0.29) is 23.2 Å². The van der Waals surface area contributed by atoms with Gasteiger partial charge in [-0.1, -0.05) is 0 Å². The first-order valence-electron chi connectivity index (χ1n) is 5.97. The molecule has 2 amide bonds. The molecular formula is C13H18FN3O2. The predicted octanol–water partition coefficient (Wildman–Crippen LogP) is 1.05. The molecule has 0 aliphatic carbocycles. The van der Waals surface area contributed by atoms with E-state index >= 15 is 0 Å². The average Bonchev–Trinajstić information content (AvgIpc) is 2.31. The van der Waals surface area contributed by atoms with Crippen LogP contribution in [0.3, 0.4) is 0 Å². The zero-order valence-electron chi connectivity index (χ0n) is 11.2. The topological polar surface area (TPSA) is 84.2 Å². The number of benzene rings is 1. The van der Waals surface area contributed by atoms with Crippen LogP contribution in [-0.2, 0) is 4.79 Å². The monoisotopic (exact) mass is 267 g/mol. The van der Waals surface area contributed by atoms with Crippen LogP contribution in [0.4, 0.5) is 10.1 Å². The van der Waals surface area contributed by atoms with Crippen molar-refractivity contribution >= 4 is 17.5 Å². The summed E-state index contributed by atoms with van der Waals surface area (Å²) in [5.41, 5.74) is 5.78. The molecule has 1 rings (SSSR count). The van der Waals surface area contributed by atoms with Crippen LogP contribution in [0.5, 0.6) is 0 Å². The van der Waals surface area contributed by atoms with E-state index in [0.717, 1.165) is 6.07 Å². The molecule has 0 saturated carbocycles. The molecule has 0 spiro atoms. The highest BCUT2D eigenvalue weighted by Crippen LogP contribution is 2.13. The van der Waals surface area contributed by atoms with Gasteiger partial charge in [-0.3, -0.25) is 9.59 Å². The highest BCUT2D eigenvalue weighted by Gasteiger charge is 2.18. The molecule has 104 valence electrons. The van der Waals surface area contributed by atoms with Crippen molar-refractivity contribution in [2.75, 3.05) is 5.73 Å². The summed E-state index contributed by atoms with van der Waals surface area (Å²) in [5.74, 6) is -1.44. The molecule has 0 heterocycles. The lowest BCUT2D eigenvalue weighted by Crippen LogP contribution is -2.46. The van der Waals surface area contributed by atoms with Crippen molar-refractivity contribution in [2.24, 2.45) is 0 Å². The molecule has 0 aliphatic heterocycles. The van der Waals surface area contributed by atoms with Crippen molar-refractivity contribution in [3.05, 3.63) is 29.6 Å². The number of halogens is 1. The number of nitrogen functional groups attached to an aromatic ring is 1. The Morgan fingerprint density at radius 3 is 2.42 bits per heavy atom. The number of hydrogen-bond donors (Lipinski definition) is 3. The number of amides is 2. The summed E-state index contributed by atoms with van der Waals surface area (Å²) in [6.07, 6.45) is 0. The summed E-state index contributed by atoms with van der Waals surface area (Å²) in [6, 6.07) is 2.77. The number of carbonyl (C=O) groups is 2. The second-order valence-electron chi connectivity index (χ2n) is 4.59. The van der Waals surface area contributed by atoms with Crippen molar-refractivity contribution in [3.8, 4) is 0 Å². The van der Waals surface area contributed by atoms with Gasteiger partial charge >= 0.3 is 0 Å². The summed E-state index contributed by atoms with van der Waals surface area (Å²) >= 11 is 0. The van der Waals surface area contributed by atoms with Crippen LogP contribution >= 0.6 is 0 Å². The lowest BCUT2D eigenvalue weighted by molar-refractivity contribution is -0.123. The van der Waals surface area contributed by atoms with Crippen LogP contribution in [0.1, 0.15) is 31.1 Å². The van der Waals surface area contributed by atoms with Gasteiger partial charge in [-0.25, -0.2) is 4.39 Å². The van der Waals surface area contributed by atoms with E-state index in [0.29, 0.717) is 0 Å². The van der Waals surface area contributed by atoms with E-state index in [1.165, 1.54) is 12.1 Å². The van der Waals surface area contributed by atoms with Crippen LogP contribution < -0.4 is 16.4 Å². The molecule has 1 atom stereocenters. The zero-order valence-corrected chi connectivity index (χ0v) is 11.2. The Kier molecular flexibility index (Phi) is 4.86. The molecule has 0 radical (unpaired) electrons. The maximum absolute atomic E-state index is 13.1. The molecule has 19 heavy (non-hydrogen) atoms. The minimum atomic E-state index is -0.724. The first-order valence-corrected chi connectivity index (χ1v) is 5.97. The first kappa shape index (κ1) is 14.9. The molecule has 1 unspecified atom stereocenters. The molecule has 0 aromatic heterocycles. The molecule has 6 heteroatoms. The number of hydrogen-bond acceptors (Lipinski definition) is 3. The van der Waals surface area contributed by atoms with E-state index in [2.05, 4.69) is 10.6 Å². The standard InChI is InChI=1S/C13H18FN3O2/c1-7(2)16-12(18)8(3)17-13(19)10-6-9(14)4-5-11(10)15/h4-8H,15H2,1-3H3,(H,16,18)(H,17,19). The Hall–Kier alpha value is -2.11. The Labute approximate surface area is 111 Å². The highest BCUT2D eigenvalue weighted by atomic mass is 19.1. The molecule has 0 bridgehead atoms. The van der Waals surface area contributed by atoms with Gasteiger partial charge in [-0.05, 0) is 39.0 Å². The lowest BCUT2D eigenvalue weighted by atomic mass is 10.1. The van der Waals surface area contributed by atoms with Gasteiger partial charge in [0.1, 0.15) is 11.9 Å². The number of nitrogens with one attached hydrogen (secondary N) is 2. The van der Waals surface area contributed by atoms with Gasteiger partial charge in [0.2, 0.25) is 5.91 Å². The number of carbonyl (C=O) groups excluding carboxylic acids is 2. The zero-order chi connectivity index (χ0) is 14.6. The fraction of sp³-hybridized carbons (Fsp3) is 0.385. The van der Waals surface area contributed by atoms with Gasteiger partial charge < -0.3 is 16.4 Å². The van der Waals surface area contributed by atoms with E-state index in [1.54, 1.807) is 6.92 Å². The molecule has 0 aliphatic rings. The number of anilines is 1. The number of rotatable bonds is 4. The van der Waals surface area contributed by atoms with Gasteiger partial charge in [-0.15, -0.1) is 0 Å². The quantitative estimate of drug-likeness (QED) is 0.713. The van der Waals surface area contributed by atoms with Gasteiger partial charge in [-0.2, -0.15) is 0 Å². The molecule has 0 saturated heterocycles. The van der Waals surface area contributed by atoms with Crippen LogP contribution in [0.2, 0.25) is 0 Å². The molecular weight excluding hydrogens is 249 g/mol. The van der Waals surface area contributed by atoms with Gasteiger partial charge in [0.25, 0.3) is 5.91 Å². The summed E-state index contributed by atoms with van der Waals surface area (Å²) in [5, 5.41) is 5.14. The summed E-state index contributed by atoms with van der Waals surface area (Å²) < 4.78 is 13.1. The molecule has 5 nitrogen and oxygen atoms in total. The third kappa shape index (κ3) is 4.24. The largest absolute Gasteiger partial charge is 0.398 e. The minimum Gasteiger partial charge on any atom is -0.398 e. The minimum absolute atomic E-state index is 0.0178. The smallest absolute Gasteiger partial charge is 0.254 e. The van der Waals surface area contributed by atoms with Crippen molar-refractivity contribution in [1.82, 2.24) is 10.6 Å².